The molecule has 1 heterocycles. The molecule has 0 aliphatic heterocycles. The number of nitrogens with zero attached hydrogens (tertiary/aromatic N) is 2. The number of para-hydroxylation sites is 2. The van der Waals surface area contributed by atoms with E-state index in [1.807, 2.05) is 18.2 Å². The summed E-state index contributed by atoms with van der Waals surface area (Å²) in [5.74, 6) is -0.757. The molecule has 0 unspecified atom stereocenters. The van der Waals surface area contributed by atoms with Crippen LogP contribution in [0, 0.1) is 12.7 Å². The molecule has 3 rings (SSSR count). The Bertz CT molecular complexity index is 814. The number of carbonyl (C=O) groups is 1. The van der Waals surface area contributed by atoms with Crippen molar-refractivity contribution in [3.8, 4) is 0 Å². The summed E-state index contributed by atoms with van der Waals surface area (Å²) in [6, 6.07) is 11.4. The summed E-state index contributed by atoms with van der Waals surface area (Å²) in [5.41, 5.74) is 2.62. The average Bonchev–Trinajstić information content (AvgIpc) is 2.48. The van der Waals surface area contributed by atoms with E-state index in [1.165, 1.54) is 18.3 Å². The second kappa shape index (κ2) is 4.81. The van der Waals surface area contributed by atoms with Crippen LogP contribution in [-0.2, 0) is 0 Å². The van der Waals surface area contributed by atoms with Crippen LogP contribution in [0.2, 0.25) is 0 Å². The molecule has 4 heteroatoms. The lowest BCUT2D eigenvalue weighted by atomic mass is 10.0. The van der Waals surface area contributed by atoms with Gasteiger partial charge in [0.05, 0.1) is 17.2 Å². The lowest BCUT2D eigenvalue weighted by molar-refractivity contribution is 0.103. The first kappa shape index (κ1) is 12.4. The molecule has 20 heavy (non-hydrogen) atoms. The summed E-state index contributed by atoms with van der Waals surface area (Å²) >= 11 is 0. The largest absolute Gasteiger partial charge is 0.287 e. The maximum atomic E-state index is 13.3. The summed E-state index contributed by atoms with van der Waals surface area (Å²) < 4.78 is 13.3. The molecule has 2 aromatic carbocycles. The van der Waals surface area contributed by atoms with Crippen molar-refractivity contribution < 1.29 is 9.18 Å². The van der Waals surface area contributed by atoms with Gasteiger partial charge in [0.25, 0.3) is 0 Å². The summed E-state index contributed by atoms with van der Waals surface area (Å²) in [7, 11) is 0. The smallest absolute Gasteiger partial charge is 0.213 e. The Kier molecular flexibility index (Phi) is 2.99. The number of benzene rings is 2. The van der Waals surface area contributed by atoms with Gasteiger partial charge in [0.15, 0.2) is 0 Å². The maximum absolute atomic E-state index is 13.3. The average molecular weight is 266 g/mol. The fourth-order valence-electron chi connectivity index (χ4n) is 2.04. The van der Waals surface area contributed by atoms with Crippen LogP contribution >= 0.6 is 0 Å². The number of ketones is 1. The fraction of sp³-hybridized carbons (Fsp3) is 0.0625. The first-order valence-electron chi connectivity index (χ1n) is 6.18. The molecule has 1 aromatic heterocycles. The Morgan fingerprint density at radius 2 is 1.85 bits per heavy atom. The lowest BCUT2D eigenvalue weighted by Crippen LogP contribution is -2.07. The zero-order valence-corrected chi connectivity index (χ0v) is 10.8. The van der Waals surface area contributed by atoms with Crippen LogP contribution in [0.15, 0.2) is 48.7 Å². The first-order chi connectivity index (χ1) is 9.65. The molecule has 0 bridgehead atoms. The number of hydrogen-bond acceptors (Lipinski definition) is 3. The molecule has 0 saturated heterocycles. The van der Waals surface area contributed by atoms with Crippen molar-refractivity contribution in [2.75, 3.05) is 0 Å². The van der Waals surface area contributed by atoms with Crippen molar-refractivity contribution in [2.45, 2.75) is 6.92 Å². The van der Waals surface area contributed by atoms with Crippen molar-refractivity contribution in [1.82, 2.24) is 9.97 Å². The van der Waals surface area contributed by atoms with E-state index in [0.29, 0.717) is 16.6 Å². The second-order valence-corrected chi connectivity index (χ2v) is 4.53. The highest BCUT2D eigenvalue weighted by molar-refractivity contribution is 6.09. The summed E-state index contributed by atoms with van der Waals surface area (Å²) in [6.07, 6.45) is 1.43. The Hall–Kier alpha value is -2.62. The number of rotatable bonds is 2. The number of aryl methyl sites for hydroxylation is 1. The fourth-order valence-corrected chi connectivity index (χ4v) is 2.04. The lowest BCUT2D eigenvalue weighted by Gasteiger charge is -2.05. The van der Waals surface area contributed by atoms with Gasteiger partial charge in [0, 0.05) is 5.56 Å². The van der Waals surface area contributed by atoms with E-state index >= 15 is 0 Å². The predicted octanol–water partition coefficient (Wildman–Crippen LogP) is 3.31. The second-order valence-electron chi connectivity index (χ2n) is 4.53. The standard InChI is InChI=1S/C16H11FN2O/c1-10-6-7-11(17)8-12(10)16(20)15-9-18-13-4-2-3-5-14(13)19-15/h2-9H,1H3. The topological polar surface area (TPSA) is 42.9 Å². The van der Waals surface area contributed by atoms with Gasteiger partial charge in [-0.3, -0.25) is 9.78 Å². The molecular weight excluding hydrogens is 255 g/mol. The molecule has 0 spiro atoms. The quantitative estimate of drug-likeness (QED) is 0.668. The van der Waals surface area contributed by atoms with Crippen molar-refractivity contribution >= 4 is 16.8 Å². The molecule has 98 valence electrons. The van der Waals surface area contributed by atoms with Gasteiger partial charge < -0.3 is 0 Å². The van der Waals surface area contributed by atoms with Gasteiger partial charge >= 0.3 is 0 Å². The van der Waals surface area contributed by atoms with Crippen molar-refractivity contribution in [2.24, 2.45) is 0 Å². The van der Waals surface area contributed by atoms with E-state index in [4.69, 9.17) is 0 Å². The Morgan fingerprint density at radius 1 is 1.10 bits per heavy atom. The predicted molar refractivity (Wildman–Crippen MR) is 74.1 cm³/mol. The molecule has 3 nitrogen and oxygen atoms in total. The maximum Gasteiger partial charge on any atom is 0.213 e. The minimum Gasteiger partial charge on any atom is -0.287 e. The van der Waals surface area contributed by atoms with E-state index in [1.54, 1.807) is 19.1 Å². The number of aromatic nitrogens is 2. The summed E-state index contributed by atoms with van der Waals surface area (Å²) in [6.45, 7) is 1.77. The van der Waals surface area contributed by atoms with Gasteiger partial charge in [-0.1, -0.05) is 18.2 Å². The molecule has 3 aromatic rings. The molecule has 0 N–H and O–H groups in total. The van der Waals surface area contributed by atoms with E-state index in [-0.39, 0.29) is 11.5 Å². The monoisotopic (exact) mass is 266 g/mol. The zero-order valence-electron chi connectivity index (χ0n) is 10.8. The van der Waals surface area contributed by atoms with Gasteiger partial charge in [-0.2, -0.15) is 0 Å². The van der Waals surface area contributed by atoms with Crippen molar-refractivity contribution in [3.05, 3.63) is 71.3 Å². The molecule has 0 amide bonds. The highest BCUT2D eigenvalue weighted by atomic mass is 19.1. The van der Waals surface area contributed by atoms with Crippen molar-refractivity contribution in [3.63, 3.8) is 0 Å². The third kappa shape index (κ3) is 2.16. The van der Waals surface area contributed by atoms with Crippen LogP contribution < -0.4 is 0 Å². The van der Waals surface area contributed by atoms with E-state index < -0.39 is 5.82 Å². The molecular formula is C16H11FN2O. The molecule has 0 fully saturated rings. The van der Waals surface area contributed by atoms with Crippen LogP contribution in [0.4, 0.5) is 4.39 Å². The number of hydrogen-bond donors (Lipinski definition) is 0. The van der Waals surface area contributed by atoms with Crippen LogP contribution in [-0.4, -0.2) is 15.8 Å². The summed E-state index contributed by atoms with van der Waals surface area (Å²) in [5, 5.41) is 0. The SMILES string of the molecule is Cc1ccc(F)cc1C(=O)c1cnc2ccccc2n1. The number of halogens is 1. The minimum absolute atomic E-state index is 0.220. The Balaban J connectivity index is 2.10. The van der Waals surface area contributed by atoms with Gasteiger partial charge in [-0.15, -0.1) is 0 Å². The third-order valence-corrected chi connectivity index (χ3v) is 3.13. The third-order valence-electron chi connectivity index (χ3n) is 3.13. The number of carbonyl (C=O) groups excluding carboxylic acids is 1. The highest BCUT2D eigenvalue weighted by Crippen LogP contribution is 2.16. The number of fused-ring (bicyclic) bond motifs is 1. The van der Waals surface area contributed by atoms with Gasteiger partial charge in [0.1, 0.15) is 11.5 Å². The normalized spacial score (nSPS) is 10.7. The van der Waals surface area contributed by atoms with Crippen LogP contribution in [0.3, 0.4) is 0 Å². The molecule has 0 radical (unpaired) electrons. The summed E-state index contributed by atoms with van der Waals surface area (Å²) in [4.78, 5) is 20.9. The molecule has 0 aliphatic carbocycles. The van der Waals surface area contributed by atoms with Crippen LogP contribution in [0.5, 0.6) is 0 Å². The molecule has 0 saturated carbocycles. The van der Waals surface area contributed by atoms with Crippen molar-refractivity contribution in [1.29, 1.82) is 0 Å². The molecule has 0 atom stereocenters. The highest BCUT2D eigenvalue weighted by Gasteiger charge is 2.15. The van der Waals surface area contributed by atoms with Crippen LogP contribution in [0.25, 0.3) is 11.0 Å². The van der Waals surface area contributed by atoms with E-state index in [0.717, 1.165) is 5.52 Å². The van der Waals surface area contributed by atoms with Gasteiger partial charge in [-0.05, 0) is 36.8 Å². The van der Waals surface area contributed by atoms with E-state index in [2.05, 4.69) is 9.97 Å². The Labute approximate surface area is 115 Å². The Morgan fingerprint density at radius 3 is 2.65 bits per heavy atom. The van der Waals surface area contributed by atoms with Gasteiger partial charge in [0.2, 0.25) is 5.78 Å². The first-order valence-corrected chi connectivity index (χ1v) is 6.18. The molecule has 0 aliphatic rings. The van der Waals surface area contributed by atoms with Gasteiger partial charge in [-0.25, -0.2) is 9.37 Å². The van der Waals surface area contributed by atoms with Crippen LogP contribution in [0.1, 0.15) is 21.6 Å². The van der Waals surface area contributed by atoms with E-state index in [9.17, 15) is 9.18 Å². The zero-order chi connectivity index (χ0) is 14.1. The minimum atomic E-state index is -0.437.